The van der Waals surface area contributed by atoms with Crippen LogP contribution >= 0.6 is 11.6 Å². The van der Waals surface area contributed by atoms with Gasteiger partial charge in [-0.3, -0.25) is 9.89 Å². The quantitative estimate of drug-likeness (QED) is 0.508. The molecule has 2 aromatic carbocycles. The molecule has 0 saturated heterocycles. The van der Waals surface area contributed by atoms with Gasteiger partial charge in [0, 0.05) is 28.3 Å². The largest absolute Gasteiger partial charge is 0.497 e. The standard InChI is InChI=1S/C21H16ClN3O4/c1-28-15-7-8-16(22)14(9-15)12-29-21(27)18-10-19-23-17(11-20(26)25(19)24-18)13-5-3-2-4-6-13/h2-11,24H,12H2,1H3. The van der Waals surface area contributed by atoms with Crippen molar-refractivity contribution in [2.24, 2.45) is 0 Å². The van der Waals surface area contributed by atoms with Crippen LogP contribution in [0.4, 0.5) is 0 Å². The number of benzene rings is 2. The molecule has 0 saturated carbocycles. The fraction of sp³-hybridized carbons (Fsp3) is 0.0952. The van der Waals surface area contributed by atoms with Gasteiger partial charge in [-0.15, -0.1) is 0 Å². The van der Waals surface area contributed by atoms with Gasteiger partial charge in [-0.05, 0) is 18.2 Å². The fourth-order valence-electron chi connectivity index (χ4n) is 2.86. The first-order valence-corrected chi connectivity index (χ1v) is 9.11. The van der Waals surface area contributed by atoms with Crippen molar-refractivity contribution in [3.05, 3.63) is 87.3 Å². The highest BCUT2D eigenvalue weighted by Gasteiger charge is 2.15. The van der Waals surface area contributed by atoms with Crippen molar-refractivity contribution in [1.29, 1.82) is 0 Å². The monoisotopic (exact) mass is 409 g/mol. The molecule has 7 nitrogen and oxygen atoms in total. The molecule has 146 valence electrons. The Morgan fingerprint density at radius 1 is 1.14 bits per heavy atom. The Bertz CT molecular complexity index is 1250. The second kappa shape index (κ2) is 7.81. The maximum Gasteiger partial charge on any atom is 0.356 e. The van der Waals surface area contributed by atoms with Crippen molar-refractivity contribution in [2.75, 3.05) is 7.11 Å². The van der Waals surface area contributed by atoms with Crippen LogP contribution in [0.5, 0.6) is 5.75 Å². The molecule has 0 spiro atoms. The highest BCUT2D eigenvalue weighted by molar-refractivity contribution is 6.31. The van der Waals surface area contributed by atoms with Crippen molar-refractivity contribution >= 4 is 23.2 Å². The molecule has 2 aromatic heterocycles. The third-order valence-corrected chi connectivity index (χ3v) is 4.72. The number of H-pyrrole nitrogens is 1. The number of ether oxygens (including phenoxy) is 2. The number of fused-ring (bicyclic) bond motifs is 1. The summed E-state index contributed by atoms with van der Waals surface area (Å²) >= 11 is 6.13. The van der Waals surface area contributed by atoms with E-state index in [1.165, 1.54) is 23.8 Å². The van der Waals surface area contributed by atoms with Crippen LogP contribution in [0.2, 0.25) is 5.02 Å². The van der Waals surface area contributed by atoms with E-state index in [1.807, 2.05) is 30.3 Å². The summed E-state index contributed by atoms with van der Waals surface area (Å²) in [4.78, 5) is 29.3. The maximum absolute atomic E-state index is 12.4. The third-order valence-electron chi connectivity index (χ3n) is 4.35. The fourth-order valence-corrected chi connectivity index (χ4v) is 3.03. The molecular formula is C21H16ClN3O4. The van der Waals surface area contributed by atoms with Gasteiger partial charge in [0.1, 0.15) is 18.1 Å². The van der Waals surface area contributed by atoms with Gasteiger partial charge in [-0.25, -0.2) is 14.3 Å². The van der Waals surface area contributed by atoms with Crippen LogP contribution in [-0.4, -0.2) is 27.7 Å². The predicted molar refractivity (Wildman–Crippen MR) is 108 cm³/mol. The molecule has 0 aliphatic carbocycles. The Morgan fingerprint density at radius 3 is 2.69 bits per heavy atom. The van der Waals surface area contributed by atoms with Crippen LogP contribution < -0.4 is 10.3 Å². The topological polar surface area (TPSA) is 85.7 Å². The summed E-state index contributed by atoms with van der Waals surface area (Å²) in [6.07, 6.45) is 0. The van der Waals surface area contributed by atoms with Crippen molar-refractivity contribution in [2.45, 2.75) is 6.61 Å². The first-order chi connectivity index (χ1) is 14.0. The van der Waals surface area contributed by atoms with Gasteiger partial charge in [-0.2, -0.15) is 0 Å². The number of aromatic amines is 1. The molecule has 0 radical (unpaired) electrons. The molecule has 0 bridgehead atoms. The van der Waals surface area contributed by atoms with Gasteiger partial charge in [0.15, 0.2) is 5.65 Å². The van der Waals surface area contributed by atoms with E-state index < -0.39 is 5.97 Å². The Morgan fingerprint density at radius 2 is 1.93 bits per heavy atom. The summed E-state index contributed by atoms with van der Waals surface area (Å²) in [6, 6.07) is 17.3. The average molecular weight is 410 g/mol. The van der Waals surface area contributed by atoms with E-state index in [2.05, 4.69) is 10.1 Å². The zero-order valence-electron chi connectivity index (χ0n) is 15.4. The molecule has 8 heteroatoms. The second-order valence-corrected chi connectivity index (χ2v) is 6.65. The van der Waals surface area contributed by atoms with E-state index in [9.17, 15) is 9.59 Å². The van der Waals surface area contributed by atoms with Gasteiger partial charge >= 0.3 is 5.97 Å². The molecule has 0 aliphatic heterocycles. The normalized spacial score (nSPS) is 10.8. The zero-order chi connectivity index (χ0) is 20.4. The molecule has 0 amide bonds. The number of hydrogen-bond acceptors (Lipinski definition) is 5. The number of carbonyl (C=O) groups excluding carboxylic acids is 1. The molecular weight excluding hydrogens is 394 g/mol. The van der Waals surface area contributed by atoms with Crippen LogP contribution in [0.3, 0.4) is 0 Å². The summed E-state index contributed by atoms with van der Waals surface area (Å²) < 4.78 is 11.7. The first kappa shape index (κ1) is 18.8. The van der Waals surface area contributed by atoms with Crippen LogP contribution in [-0.2, 0) is 11.3 Å². The molecule has 0 unspecified atom stereocenters. The van der Waals surface area contributed by atoms with Crippen LogP contribution in [0.25, 0.3) is 16.9 Å². The minimum atomic E-state index is -0.630. The van der Waals surface area contributed by atoms with Crippen LogP contribution in [0.15, 0.2) is 65.5 Å². The lowest BCUT2D eigenvalue weighted by Crippen LogP contribution is -2.15. The highest BCUT2D eigenvalue weighted by Crippen LogP contribution is 2.23. The Balaban J connectivity index is 1.59. The number of rotatable bonds is 5. The van der Waals surface area contributed by atoms with Crippen molar-refractivity contribution in [1.82, 2.24) is 14.6 Å². The minimum Gasteiger partial charge on any atom is -0.497 e. The van der Waals surface area contributed by atoms with E-state index in [-0.39, 0.29) is 17.9 Å². The lowest BCUT2D eigenvalue weighted by Gasteiger charge is -2.07. The van der Waals surface area contributed by atoms with E-state index in [1.54, 1.807) is 18.2 Å². The molecule has 1 N–H and O–H groups in total. The lowest BCUT2D eigenvalue weighted by atomic mass is 10.1. The number of hydrogen-bond donors (Lipinski definition) is 1. The zero-order valence-corrected chi connectivity index (χ0v) is 16.1. The number of halogens is 1. The van der Waals surface area contributed by atoms with E-state index in [4.69, 9.17) is 21.1 Å². The molecule has 4 aromatic rings. The van der Waals surface area contributed by atoms with Crippen LogP contribution in [0, 0.1) is 0 Å². The lowest BCUT2D eigenvalue weighted by molar-refractivity contribution is 0.0465. The highest BCUT2D eigenvalue weighted by atomic mass is 35.5. The number of methoxy groups -OCH3 is 1. The number of nitrogens with one attached hydrogen (secondary N) is 1. The summed E-state index contributed by atoms with van der Waals surface area (Å²) in [5.41, 5.74) is 2.05. The minimum absolute atomic E-state index is 0.0399. The molecule has 0 atom stereocenters. The van der Waals surface area contributed by atoms with Gasteiger partial charge in [0.2, 0.25) is 0 Å². The van der Waals surface area contributed by atoms with Gasteiger partial charge < -0.3 is 9.47 Å². The summed E-state index contributed by atoms with van der Waals surface area (Å²) in [5.74, 6) is -0.0229. The Kier molecular flexibility index (Phi) is 5.05. The van der Waals surface area contributed by atoms with Gasteiger partial charge in [-0.1, -0.05) is 41.9 Å². The number of aromatic nitrogens is 3. The smallest absolute Gasteiger partial charge is 0.356 e. The molecule has 0 fully saturated rings. The van der Waals surface area contributed by atoms with Crippen molar-refractivity contribution < 1.29 is 14.3 Å². The van der Waals surface area contributed by atoms with E-state index in [0.29, 0.717) is 27.7 Å². The summed E-state index contributed by atoms with van der Waals surface area (Å²) in [7, 11) is 1.54. The first-order valence-electron chi connectivity index (χ1n) is 8.73. The van der Waals surface area contributed by atoms with Crippen LogP contribution in [0.1, 0.15) is 16.1 Å². The van der Waals surface area contributed by atoms with Gasteiger partial charge in [0.05, 0.1) is 12.8 Å². The molecule has 0 aliphatic rings. The van der Waals surface area contributed by atoms with E-state index >= 15 is 0 Å². The maximum atomic E-state index is 12.4. The van der Waals surface area contributed by atoms with E-state index in [0.717, 1.165) is 5.56 Å². The summed E-state index contributed by atoms with van der Waals surface area (Å²) in [5, 5.41) is 3.18. The predicted octanol–water partition coefficient (Wildman–Crippen LogP) is 3.71. The average Bonchev–Trinajstić information content (AvgIpc) is 3.18. The molecule has 2 heterocycles. The van der Waals surface area contributed by atoms with Crippen molar-refractivity contribution in [3.8, 4) is 17.0 Å². The number of esters is 1. The summed E-state index contributed by atoms with van der Waals surface area (Å²) in [6.45, 7) is -0.0399. The number of carbonyl (C=O) groups is 1. The molecule has 4 rings (SSSR count). The SMILES string of the molecule is COc1ccc(Cl)c(COC(=O)c2cc3nc(-c4ccccc4)cc(=O)n3[nH]2)c1. The second-order valence-electron chi connectivity index (χ2n) is 6.24. The molecule has 29 heavy (non-hydrogen) atoms. The Labute approximate surface area is 170 Å². The number of nitrogens with zero attached hydrogens (tertiary/aromatic N) is 2. The third kappa shape index (κ3) is 3.86. The van der Waals surface area contributed by atoms with Gasteiger partial charge in [0.25, 0.3) is 5.56 Å². The van der Waals surface area contributed by atoms with Crippen molar-refractivity contribution in [3.63, 3.8) is 0 Å². The Hall–Kier alpha value is -3.58.